The van der Waals surface area contributed by atoms with Crippen LogP contribution in [0.3, 0.4) is 0 Å². The van der Waals surface area contributed by atoms with Gasteiger partial charge in [0.1, 0.15) is 0 Å². The number of rotatable bonds is 4. The molecule has 70 valence electrons. The summed E-state index contributed by atoms with van der Waals surface area (Å²) in [6, 6.07) is 0.0681. The summed E-state index contributed by atoms with van der Waals surface area (Å²) in [4.78, 5) is 21.3. The number of nitrogens with one attached hydrogen (secondary N) is 1. The Morgan fingerprint density at radius 2 is 1.83 bits per heavy atom. The molecular formula is C8H15NO3. The van der Waals surface area contributed by atoms with Crippen molar-refractivity contribution in [3.8, 4) is 0 Å². The average molecular weight is 173 g/mol. The third-order valence-electron chi connectivity index (χ3n) is 1.36. The van der Waals surface area contributed by atoms with E-state index in [2.05, 4.69) is 5.32 Å². The number of carbonyl (C=O) groups excluding carboxylic acids is 1. The highest BCUT2D eigenvalue weighted by Gasteiger charge is 2.15. The van der Waals surface area contributed by atoms with Crippen LogP contribution < -0.4 is 5.32 Å². The van der Waals surface area contributed by atoms with E-state index in [1.807, 2.05) is 13.8 Å². The number of hydrogen-bond acceptors (Lipinski definition) is 2. The Balaban J connectivity index is 3.77. The minimum Gasteiger partial charge on any atom is -0.481 e. The monoisotopic (exact) mass is 173 g/mol. The molecule has 0 bridgehead atoms. The lowest BCUT2D eigenvalue weighted by atomic mass is 10.1. The maximum Gasteiger partial charge on any atom is 0.306 e. The SMILES string of the molecule is CC(C)NC(=O)C[C@@H](C)C(=O)O. The molecule has 0 heterocycles. The van der Waals surface area contributed by atoms with Crippen LogP contribution in [0, 0.1) is 5.92 Å². The van der Waals surface area contributed by atoms with E-state index >= 15 is 0 Å². The van der Waals surface area contributed by atoms with Crippen molar-refractivity contribution < 1.29 is 14.7 Å². The Hall–Kier alpha value is -1.06. The molecule has 12 heavy (non-hydrogen) atoms. The first kappa shape index (κ1) is 10.9. The summed E-state index contributed by atoms with van der Waals surface area (Å²) in [5.74, 6) is -1.75. The van der Waals surface area contributed by atoms with Gasteiger partial charge in [-0.1, -0.05) is 6.92 Å². The van der Waals surface area contributed by atoms with Crippen LogP contribution in [0.2, 0.25) is 0 Å². The van der Waals surface area contributed by atoms with Crippen LogP contribution in [0.4, 0.5) is 0 Å². The summed E-state index contributed by atoms with van der Waals surface area (Å²) < 4.78 is 0. The number of aliphatic carboxylic acids is 1. The van der Waals surface area contributed by atoms with E-state index in [1.165, 1.54) is 6.92 Å². The van der Waals surface area contributed by atoms with Gasteiger partial charge in [0.25, 0.3) is 0 Å². The highest BCUT2D eigenvalue weighted by Crippen LogP contribution is 2.01. The quantitative estimate of drug-likeness (QED) is 0.655. The van der Waals surface area contributed by atoms with Crippen LogP contribution in [-0.2, 0) is 9.59 Å². The minimum atomic E-state index is -0.936. The molecule has 0 aliphatic carbocycles. The Morgan fingerprint density at radius 1 is 1.33 bits per heavy atom. The second-order valence-electron chi connectivity index (χ2n) is 3.17. The minimum absolute atomic E-state index is 0.0491. The van der Waals surface area contributed by atoms with Gasteiger partial charge >= 0.3 is 5.97 Å². The van der Waals surface area contributed by atoms with Gasteiger partial charge in [-0.3, -0.25) is 9.59 Å². The summed E-state index contributed by atoms with van der Waals surface area (Å²) in [7, 11) is 0. The van der Waals surface area contributed by atoms with Gasteiger partial charge in [-0.2, -0.15) is 0 Å². The summed E-state index contributed by atoms with van der Waals surface area (Å²) in [5.41, 5.74) is 0. The summed E-state index contributed by atoms with van der Waals surface area (Å²) in [6.45, 7) is 5.19. The van der Waals surface area contributed by atoms with Gasteiger partial charge in [-0.15, -0.1) is 0 Å². The summed E-state index contributed by atoms with van der Waals surface area (Å²) in [6.07, 6.45) is 0.0491. The predicted molar refractivity (Wildman–Crippen MR) is 44.7 cm³/mol. The lowest BCUT2D eigenvalue weighted by Gasteiger charge is -2.09. The topological polar surface area (TPSA) is 66.4 Å². The standard InChI is InChI=1S/C8H15NO3/c1-5(2)9-7(10)4-6(3)8(11)12/h5-6H,4H2,1-3H3,(H,9,10)(H,11,12)/t6-/m1/s1. The molecule has 0 radical (unpaired) electrons. The van der Waals surface area contributed by atoms with Gasteiger partial charge in [0.05, 0.1) is 5.92 Å². The molecule has 4 heteroatoms. The number of carbonyl (C=O) groups is 2. The Morgan fingerprint density at radius 3 is 2.17 bits per heavy atom. The molecule has 0 saturated carbocycles. The van der Waals surface area contributed by atoms with E-state index in [0.29, 0.717) is 0 Å². The van der Waals surface area contributed by atoms with Gasteiger partial charge in [0.2, 0.25) is 5.91 Å². The van der Waals surface area contributed by atoms with E-state index < -0.39 is 11.9 Å². The molecule has 0 spiro atoms. The number of hydrogen-bond donors (Lipinski definition) is 2. The maximum absolute atomic E-state index is 11.0. The third kappa shape index (κ3) is 4.71. The number of carboxylic acid groups (broad SMARTS) is 1. The summed E-state index contributed by atoms with van der Waals surface area (Å²) >= 11 is 0. The molecule has 4 nitrogen and oxygen atoms in total. The molecule has 0 unspecified atom stereocenters. The van der Waals surface area contributed by atoms with Crippen molar-refractivity contribution in [2.24, 2.45) is 5.92 Å². The fourth-order valence-electron chi connectivity index (χ4n) is 0.746. The average Bonchev–Trinajstić information content (AvgIpc) is 1.84. The molecule has 1 amide bonds. The highest BCUT2D eigenvalue weighted by molar-refractivity contribution is 5.82. The van der Waals surface area contributed by atoms with Crippen molar-refractivity contribution in [3.63, 3.8) is 0 Å². The van der Waals surface area contributed by atoms with E-state index in [4.69, 9.17) is 5.11 Å². The first-order valence-electron chi connectivity index (χ1n) is 3.95. The van der Waals surface area contributed by atoms with Crippen molar-refractivity contribution in [3.05, 3.63) is 0 Å². The second kappa shape index (κ2) is 4.74. The Bertz CT molecular complexity index is 177. The molecule has 0 aliphatic rings. The zero-order valence-electron chi connectivity index (χ0n) is 7.63. The van der Waals surface area contributed by atoms with Crippen LogP contribution in [0.5, 0.6) is 0 Å². The zero-order valence-corrected chi connectivity index (χ0v) is 7.63. The third-order valence-corrected chi connectivity index (χ3v) is 1.36. The molecule has 0 fully saturated rings. The zero-order chi connectivity index (χ0) is 9.72. The van der Waals surface area contributed by atoms with Crippen LogP contribution in [0.15, 0.2) is 0 Å². The first-order valence-corrected chi connectivity index (χ1v) is 3.95. The second-order valence-corrected chi connectivity index (χ2v) is 3.17. The summed E-state index contributed by atoms with van der Waals surface area (Å²) in [5, 5.41) is 11.1. The van der Waals surface area contributed by atoms with Crippen molar-refractivity contribution >= 4 is 11.9 Å². The molecule has 0 rings (SSSR count). The highest BCUT2D eigenvalue weighted by atomic mass is 16.4. The molecule has 2 N–H and O–H groups in total. The number of amides is 1. The van der Waals surface area contributed by atoms with Crippen molar-refractivity contribution in [2.75, 3.05) is 0 Å². The Kier molecular flexibility index (Phi) is 4.33. The molecule has 0 aromatic heterocycles. The van der Waals surface area contributed by atoms with Crippen LogP contribution in [-0.4, -0.2) is 23.0 Å². The van der Waals surface area contributed by atoms with Gasteiger partial charge < -0.3 is 10.4 Å². The number of carboxylic acids is 1. The predicted octanol–water partition coefficient (Wildman–Crippen LogP) is 0.622. The molecule has 0 saturated heterocycles. The van der Waals surface area contributed by atoms with Crippen LogP contribution in [0.1, 0.15) is 27.2 Å². The molecule has 0 aromatic rings. The van der Waals surface area contributed by atoms with E-state index in [1.54, 1.807) is 0 Å². The van der Waals surface area contributed by atoms with Gasteiger partial charge in [0.15, 0.2) is 0 Å². The van der Waals surface area contributed by atoms with Gasteiger partial charge in [-0.25, -0.2) is 0 Å². The van der Waals surface area contributed by atoms with Crippen molar-refractivity contribution in [1.82, 2.24) is 5.32 Å². The normalized spacial score (nSPS) is 12.7. The van der Waals surface area contributed by atoms with Crippen LogP contribution >= 0.6 is 0 Å². The molecule has 1 atom stereocenters. The van der Waals surface area contributed by atoms with Gasteiger partial charge in [-0.05, 0) is 13.8 Å². The van der Waals surface area contributed by atoms with Gasteiger partial charge in [0, 0.05) is 12.5 Å². The Labute approximate surface area is 72.0 Å². The van der Waals surface area contributed by atoms with Crippen molar-refractivity contribution in [2.45, 2.75) is 33.2 Å². The fraction of sp³-hybridized carbons (Fsp3) is 0.750. The largest absolute Gasteiger partial charge is 0.481 e. The van der Waals surface area contributed by atoms with Crippen molar-refractivity contribution in [1.29, 1.82) is 0 Å². The fourth-order valence-corrected chi connectivity index (χ4v) is 0.746. The lowest BCUT2D eigenvalue weighted by molar-refractivity contribution is -0.143. The molecular weight excluding hydrogens is 158 g/mol. The smallest absolute Gasteiger partial charge is 0.306 e. The van der Waals surface area contributed by atoms with Crippen LogP contribution in [0.25, 0.3) is 0 Å². The first-order chi connectivity index (χ1) is 5.43. The van der Waals surface area contributed by atoms with E-state index in [9.17, 15) is 9.59 Å². The van der Waals surface area contributed by atoms with E-state index in [0.717, 1.165) is 0 Å². The maximum atomic E-state index is 11.0. The molecule has 0 aliphatic heterocycles. The lowest BCUT2D eigenvalue weighted by Crippen LogP contribution is -2.32. The van der Waals surface area contributed by atoms with E-state index in [-0.39, 0.29) is 18.4 Å². The molecule has 0 aromatic carbocycles.